The molecule has 32 heavy (non-hydrogen) atoms. The number of amides is 1. The predicted octanol–water partition coefficient (Wildman–Crippen LogP) is 2.78. The predicted molar refractivity (Wildman–Crippen MR) is 118 cm³/mol. The van der Waals surface area contributed by atoms with Crippen molar-refractivity contribution in [3.63, 3.8) is 0 Å². The third-order valence-corrected chi connectivity index (χ3v) is 5.19. The fourth-order valence-corrected chi connectivity index (χ4v) is 3.56. The molecule has 0 aliphatic carbocycles. The Morgan fingerprint density at radius 3 is 2.69 bits per heavy atom. The first-order valence-electron chi connectivity index (χ1n) is 10.3. The molecule has 4 rings (SSSR count). The van der Waals surface area contributed by atoms with E-state index in [9.17, 15) is 9.59 Å². The maximum atomic E-state index is 12.4. The average molecular weight is 432 g/mol. The molecule has 0 unspecified atom stereocenters. The van der Waals surface area contributed by atoms with E-state index < -0.39 is 0 Å². The van der Waals surface area contributed by atoms with Crippen LogP contribution in [0.25, 0.3) is 17.3 Å². The van der Waals surface area contributed by atoms with Crippen LogP contribution in [0, 0.1) is 20.8 Å². The van der Waals surface area contributed by atoms with E-state index in [1.54, 1.807) is 11.6 Å². The van der Waals surface area contributed by atoms with Crippen molar-refractivity contribution in [1.82, 2.24) is 30.2 Å². The van der Waals surface area contributed by atoms with Gasteiger partial charge in [-0.15, -0.1) is 0 Å². The third kappa shape index (κ3) is 4.66. The Bertz CT molecular complexity index is 1300. The molecule has 0 aliphatic rings. The first-order valence-corrected chi connectivity index (χ1v) is 10.3. The number of nitrogens with one attached hydrogen (secondary N) is 2. The summed E-state index contributed by atoms with van der Waals surface area (Å²) in [6.07, 6.45) is 0.822. The second-order valence-corrected chi connectivity index (χ2v) is 7.60. The molecule has 4 aromatic rings. The summed E-state index contributed by atoms with van der Waals surface area (Å²) in [4.78, 5) is 31.2. The molecule has 1 aromatic carbocycles. The standard InChI is InChI=1S/C23H24N6O3/c1-14-11-22(31)26-23(25-14)29-16(3)19(15(2)27-29)9-10-21(30)24-13-18-12-20(32-28-18)17-7-5-4-6-8-17/h4-8,11-12H,9-10,13H2,1-3H3,(H,24,30)(H,25,26,31). The summed E-state index contributed by atoms with van der Waals surface area (Å²) in [5.74, 6) is 0.936. The molecule has 0 aliphatic heterocycles. The summed E-state index contributed by atoms with van der Waals surface area (Å²) in [7, 11) is 0. The number of aromatic amines is 1. The van der Waals surface area contributed by atoms with E-state index in [4.69, 9.17) is 4.52 Å². The van der Waals surface area contributed by atoms with E-state index in [2.05, 4.69) is 25.5 Å². The van der Waals surface area contributed by atoms with E-state index >= 15 is 0 Å². The highest BCUT2D eigenvalue weighted by atomic mass is 16.5. The molecule has 164 valence electrons. The number of rotatable bonds is 7. The maximum absolute atomic E-state index is 12.4. The lowest BCUT2D eigenvalue weighted by Crippen LogP contribution is -2.23. The van der Waals surface area contributed by atoms with Gasteiger partial charge in [0, 0.05) is 35.5 Å². The Morgan fingerprint density at radius 1 is 1.16 bits per heavy atom. The van der Waals surface area contributed by atoms with Gasteiger partial charge in [-0.3, -0.25) is 14.6 Å². The average Bonchev–Trinajstić information content (AvgIpc) is 3.35. The molecule has 9 nitrogen and oxygen atoms in total. The first-order chi connectivity index (χ1) is 15.4. The van der Waals surface area contributed by atoms with E-state index in [1.165, 1.54) is 6.07 Å². The lowest BCUT2D eigenvalue weighted by atomic mass is 10.1. The van der Waals surface area contributed by atoms with Crippen LogP contribution in [0.5, 0.6) is 0 Å². The van der Waals surface area contributed by atoms with E-state index in [1.807, 2.05) is 50.2 Å². The smallest absolute Gasteiger partial charge is 0.252 e. The van der Waals surface area contributed by atoms with Crippen LogP contribution in [0.2, 0.25) is 0 Å². The highest BCUT2D eigenvalue weighted by Gasteiger charge is 2.16. The Labute approximate surface area is 184 Å². The number of H-pyrrole nitrogens is 1. The van der Waals surface area contributed by atoms with Gasteiger partial charge in [0.1, 0.15) is 5.69 Å². The quantitative estimate of drug-likeness (QED) is 0.464. The largest absolute Gasteiger partial charge is 0.356 e. The summed E-state index contributed by atoms with van der Waals surface area (Å²) >= 11 is 0. The summed E-state index contributed by atoms with van der Waals surface area (Å²) in [5, 5.41) is 11.4. The van der Waals surface area contributed by atoms with Crippen LogP contribution in [0.15, 0.2) is 51.8 Å². The normalized spacial score (nSPS) is 11.0. The van der Waals surface area contributed by atoms with E-state index in [-0.39, 0.29) is 11.5 Å². The number of benzene rings is 1. The van der Waals surface area contributed by atoms with E-state index in [0.717, 1.165) is 22.5 Å². The minimum atomic E-state index is -0.232. The first kappa shape index (κ1) is 21.2. The molecule has 0 bridgehead atoms. The molecule has 0 fully saturated rings. The second-order valence-electron chi connectivity index (χ2n) is 7.60. The Hall–Kier alpha value is -4.01. The molecule has 0 atom stereocenters. The number of carbonyl (C=O) groups is 1. The van der Waals surface area contributed by atoms with Crippen molar-refractivity contribution < 1.29 is 9.32 Å². The van der Waals surface area contributed by atoms with Crippen LogP contribution in [0.4, 0.5) is 0 Å². The summed E-state index contributed by atoms with van der Waals surface area (Å²) < 4.78 is 6.97. The topological polar surface area (TPSA) is 119 Å². The molecule has 9 heteroatoms. The number of aromatic nitrogens is 5. The van der Waals surface area contributed by atoms with Crippen LogP contribution < -0.4 is 10.9 Å². The Morgan fingerprint density at radius 2 is 1.94 bits per heavy atom. The van der Waals surface area contributed by atoms with Gasteiger partial charge in [0.05, 0.1) is 12.2 Å². The lowest BCUT2D eigenvalue weighted by Gasteiger charge is -2.06. The van der Waals surface area contributed by atoms with Gasteiger partial charge in [0.2, 0.25) is 11.9 Å². The van der Waals surface area contributed by atoms with Crippen LogP contribution in [-0.2, 0) is 17.8 Å². The summed E-state index contributed by atoms with van der Waals surface area (Å²) in [6, 6.07) is 12.9. The van der Waals surface area contributed by atoms with E-state index in [0.29, 0.717) is 42.5 Å². The molecule has 0 saturated carbocycles. The zero-order valence-corrected chi connectivity index (χ0v) is 18.2. The SMILES string of the molecule is Cc1cc(=O)[nH]c(-n2nc(C)c(CCC(=O)NCc3cc(-c4ccccc4)on3)c2C)n1. The summed E-state index contributed by atoms with van der Waals surface area (Å²) in [6.45, 7) is 5.83. The minimum Gasteiger partial charge on any atom is -0.356 e. The minimum absolute atomic E-state index is 0.0945. The lowest BCUT2D eigenvalue weighted by molar-refractivity contribution is -0.121. The highest BCUT2D eigenvalue weighted by molar-refractivity contribution is 5.76. The van der Waals surface area contributed by atoms with Crippen molar-refractivity contribution >= 4 is 5.91 Å². The maximum Gasteiger partial charge on any atom is 0.252 e. The Kier molecular flexibility index (Phi) is 5.98. The van der Waals surface area contributed by atoms with Crippen molar-refractivity contribution in [2.45, 2.75) is 40.2 Å². The number of hydrogen-bond acceptors (Lipinski definition) is 6. The van der Waals surface area contributed by atoms with Crippen molar-refractivity contribution in [3.8, 4) is 17.3 Å². The van der Waals surface area contributed by atoms with Gasteiger partial charge < -0.3 is 9.84 Å². The molecular weight excluding hydrogens is 408 g/mol. The molecular formula is C23H24N6O3. The van der Waals surface area contributed by atoms with Crippen LogP contribution in [0.1, 0.15) is 34.8 Å². The third-order valence-electron chi connectivity index (χ3n) is 5.19. The molecule has 2 N–H and O–H groups in total. The zero-order valence-electron chi connectivity index (χ0n) is 18.2. The second kappa shape index (κ2) is 9.01. The fraction of sp³-hybridized carbons (Fsp3) is 0.261. The molecule has 1 amide bonds. The van der Waals surface area contributed by atoms with Crippen molar-refractivity contribution in [1.29, 1.82) is 0 Å². The molecule has 0 radical (unpaired) electrons. The van der Waals surface area contributed by atoms with Gasteiger partial charge in [0.25, 0.3) is 5.56 Å². The molecule has 3 aromatic heterocycles. The van der Waals surface area contributed by atoms with Crippen molar-refractivity contribution in [2.75, 3.05) is 0 Å². The highest BCUT2D eigenvalue weighted by Crippen LogP contribution is 2.20. The number of aryl methyl sites for hydroxylation is 2. The molecule has 3 heterocycles. The number of nitrogens with zero attached hydrogens (tertiary/aromatic N) is 4. The van der Waals surface area contributed by atoms with Gasteiger partial charge in [-0.2, -0.15) is 5.10 Å². The van der Waals surface area contributed by atoms with Crippen LogP contribution in [-0.4, -0.2) is 30.8 Å². The Balaban J connectivity index is 1.37. The fourth-order valence-electron chi connectivity index (χ4n) is 3.56. The van der Waals surface area contributed by atoms with Gasteiger partial charge in [-0.05, 0) is 32.8 Å². The van der Waals surface area contributed by atoms with Gasteiger partial charge in [-0.1, -0.05) is 35.5 Å². The van der Waals surface area contributed by atoms with Crippen LogP contribution in [0.3, 0.4) is 0 Å². The van der Waals surface area contributed by atoms with Gasteiger partial charge in [-0.25, -0.2) is 9.67 Å². The zero-order chi connectivity index (χ0) is 22.7. The van der Waals surface area contributed by atoms with Crippen molar-refractivity contribution in [3.05, 3.63) is 81.2 Å². The van der Waals surface area contributed by atoms with Gasteiger partial charge >= 0.3 is 0 Å². The van der Waals surface area contributed by atoms with Gasteiger partial charge in [0.15, 0.2) is 5.76 Å². The molecule has 0 spiro atoms. The number of hydrogen-bond donors (Lipinski definition) is 2. The number of carbonyl (C=O) groups excluding carboxylic acids is 1. The van der Waals surface area contributed by atoms with Crippen LogP contribution >= 0.6 is 0 Å². The monoisotopic (exact) mass is 432 g/mol. The molecule has 0 saturated heterocycles. The summed E-state index contributed by atoms with van der Waals surface area (Å²) in [5.41, 5.74) is 4.57. The van der Waals surface area contributed by atoms with Crippen molar-refractivity contribution in [2.24, 2.45) is 0 Å².